The second-order valence-electron chi connectivity index (χ2n) is 6.38. The van der Waals surface area contributed by atoms with Crippen molar-refractivity contribution in [2.24, 2.45) is 23.7 Å². The summed E-state index contributed by atoms with van der Waals surface area (Å²) in [5.41, 5.74) is 0. The molecule has 2 N–H and O–H groups in total. The molecule has 1 fully saturated rings. The highest BCUT2D eigenvalue weighted by atomic mass is 16.4. The second kappa shape index (κ2) is 6.42. The number of aliphatic carboxylic acids is 1. The van der Waals surface area contributed by atoms with Gasteiger partial charge in [-0.05, 0) is 31.1 Å². The van der Waals surface area contributed by atoms with Gasteiger partial charge in [-0.3, -0.25) is 9.59 Å². The molecule has 0 radical (unpaired) electrons. The Morgan fingerprint density at radius 2 is 1.75 bits per heavy atom. The molecule has 0 aromatic rings. The average Bonchev–Trinajstić information content (AvgIpc) is 2.43. The van der Waals surface area contributed by atoms with Crippen molar-refractivity contribution in [1.82, 2.24) is 5.32 Å². The lowest BCUT2D eigenvalue weighted by atomic mass is 9.77. The van der Waals surface area contributed by atoms with Gasteiger partial charge in [0.05, 0.1) is 11.8 Å². The lowest BCUT2D eigenvalue weighted by Gasteiger charge is -2.36. The number of hydrogen-bond donors (Lipinski definition) is 2. The van der Waals surface area contributed by atoms with Crippen LogP contribution in [0.4, 0.5) is 0 Å². The van der Waals surface area contributed by atoms with Gasteiger partial charge in [-0.2, -0.15) is 0 Å². The number of carboxylic acid groups (broad SMARTS) is 1. The van der Waals surface area contributed by atoms with Crippen molar-refractivity contribution in [3.05, 3.63) is 12.2 Å². The van der Waals surface area contributed by atoms with E-state index in [1.807, 2.05) is 12.2 Å². The molecule has 5 atom stereocenters. The van der Waals surface area contributed by atoms with Crippen molar-refractivity contribution >= 4 is 11.9 Å². The van der Waals surface area contributed by atoms with E-state index in [9.17, 15) is 14.7 Å². The highest BCUT2D eigenvalue weighted by molar-refractivity contribution is 5.85. The first-order valence-electron chi connectivity index (χ1n) is 7.69. The van der Waals surface area contributed by atoms with E-state index >= 15 is 0 Å². The van der Waals surface area contributed by atoms with Crippen LogP contribution in [0, 0.1) is 23.7 Å². The van der Waals surface area contributed by atoms with E-state index in [1.54, 1.807) is 0 Å². The van der Waals surface area contributed by atoms with E-state index < -0.39 is 17.8 Å². The predicted octanol–water partition coefficient (Wildman–Crippen LogP) is 2.59. The number of allylic oxidation sites excluding steroid dienone is 2. The molecule has 4 nitrogen and oxygen atoms in total. The van der Waals surface area contributed by atoms with Gasteiger partial charge < -0.3 is 10.4 Å². The Hall–Kier alpha value is -1.32. The zero-order valence-corrected chi connectivity index (χ0v) is 12.3. The number of carbonyl (C=O) groups excluding carboxylic acids is 1. The molecule has 5 unspecified atom stereocenters. The molecule has 20 heavy (non-hydrogen) atoms. The molecule has 0 saturated heterocycles. The number of nitrogens with one attached hydrogen (secondary N) is 1. The summed E-state index contributed by atoms with van der Waals surface area (Å²) in [5, 5.41) is 12.4. The van der Waals surface area contributed by atoms with Gasteiger partial charge in [0, 0.05) is 6.04 Å². The first-order valence-corrected chi connectivity index (χ1v) is 7.69. The van der Waals surface area contributed by atoms with Gasteiger partial charge >= 0.3 is 5.97 Å². The smallest absolute Gasteiger partial charge is 0.307 e. The minimum Gasteiger partial charge on any atom is -0.481 e. The third kappa shape index (κ3) is 3.22. The minimum atomic E-state index is -0.862. The fraction of sp³-hybridized carbons (Fsp3) is 0.750. The highest BCUT2D eigenvalue weighted by Gasteiger charge is 2.36. The largest absolute Gasteiger partial charge is 0.481 e. The van der Waals surface area contributed by atoms with Crippen molar-refractivity contribution in [2.75, 3.05) is 0 Å². The lowest BCUT2D eigenvalue weighted by molar-refractivity contribution is -0.147. The van der Waals surface area contributed by atoms with Crippen LogP contribution in [-0.2, 0) is 9.59 Å². The summed E-state index contributed by atoms with van der Waals surface area (Å²) < 4.78 is 0. The molecule has 2 aliphatic rings. The average molecular weight is 279 g/mol. The monoisotopic (exact) mass is 279 g/mol. The first-order chi connectivity index (χ1) is 9.50. The summed E-state index contributed by atoms with van der Waals surface area (Å²) in [6, 6.07) is 0.201. The maximum atomic E-state index is 12.4. The van der Waals surface area contributed by atoms with Crippen LogP contribution in [-0.4, -0.2) is 23.0 Å². The molecule has 0 aromatic carbocycles. The Morgan fingerprint density at radius 3 is 2.40 bits per heavy atom. The van der Waals surface area contributed by atoms with E-state index in [0.717, 1.165) is 12.8 Å². The molecular formula is C16H25NO3. The van der Waals surface area contributed by atoms with Gasteiger partial charge in [-0.1, -0.05) is 38.8 Å². The number of rotatable bonds is 3. The van der Waals surface area contributed by atoms with Crippen LogP contribution < -0.4 is 5.32 Å². The minimum absolute atomic E-state index is 0.0762. The Balaban J connectivity index is 2.00. The van der Waals surface area contributed by atoms with Crippen LogP contribution in [0.25, 0.3) is 0 Å². The van der Waals surface area contributed by atoms with Gasteiger partial charge in [0.25, 0.3) is 0 Å². The van der Waals surface area contributed by atoms with Crippen molar-refractivity contribution < 1.29 is 14.7 Å². The van der Waals surface area contributed by atoms with Crippen molar-refractivity contribution in [3.8, 4) is 0 Å². The van der Waals surface area contributed by atoms with Gasteiger partial charge in [0.15, 0.2) is 0 Å². The fourth-order valence-corrected chi connectivity index (χ4v) is 3.45. The fourth-order valence-electron chi connectivity index (χ4n) is 3.45. The highest BCUT2D eigenvalue weighted by Crippen LogP contribution is 2.31. The third-order valence-corrected chi connectivity index (χ3v) is 5.12. The molecule has 0 aliphatic heterocycles. The Morgan fingerprint density at radius 1 is 1.10 bits per heavy atom. The van der Waals surface area contributed by atoms with Gasteiger partial charge in [0.2, 0.25) is 5.91 Å². The van der Waals surface area contributed by atoms with E-state index in [-0.39, 0.29) is 11.9 Å². The molecule has 112 valence electrons. The molecule has 0 aromatic heterocycles. The van der Waals surface area contributed by atoms with Gasteiger partial charge in [-0.25, -0.2) is 0 Å². The van der Waals surface area contributed by atoms with E-state index in [4.69, 9.17) is 0 Å². The topological polar surface area (TPSA) is 66.4 Å². The second-order valence-corrected chi connectivity index (χ2v) is 6.38. The van der Waals surface area contributed by atoms with Crippen molar-refractivity contribution in [3.63, 3.8) is 0 Å². The van der Waals surface area contributed by atoms with Crippen LogP contribution >= 0.6 is 0 Å². The van der Waals surface area contributed by atoms with Crippen LogP contribution in [0.3, 0.4) is 0 Å². The van der Waals surface area contributed by atoms with Crippen LogP contribution in [0.1, 0.15) is 46.0 Å². The number of carbonyl (C=O) groups is 2. The summed E-state index contributed by atoms with van der Waals surface area (Å²) >= 11 is 0. The standard InChI is InChI=1S/C16H25NO3/c1-10-6-5-9-14(11(10)2)17-15(18)12-7-3-4-8-13(12)16(19)20/h3-4,10-14H,5-9H2,1-2H3,(H,17,18)(H,19,20). The molecule has 0 spiro atoms. The summed E-state index contributed by atoms with van der Waals surface area (Å²) in [4.78, 5) is 23.7. The SMILES string of the molecule is CC1CCCC(NC(=O)C2CC=CCC2C(=O)O)C1C. The molecule has 0 heterocycles. The summed E-state index contributed by atoms with van der Waals surface area (Å²) in [5.74, 6) is -0.837. The van der Waals surface area contributed by atoms with E-state index in [0.29, 0.717) is 24.7 Å². The predicted molar refractivity (Wildman–Crippen MR) is 77.1 cm³/mol. The zero-order valence-electron chi connectivity index (χ0n) is 12.3. The summed E-state index contributed by atoms with van der Waals surface area (Å²) in [6.07, 6.45) is 8.17. The van der Waals surface area contributed by atoms with Crippen LogP contribution in [0.2, 0.25) is 0 Å². The Kier molecular flexibility index (Phi) is 4.84. The Bertz CT molecular complexity index is 405. The maximum Gasteiger partial charge on any atom is 0.307 e. The molecular weight excluding hydrogens is 254 g/mol. The quantitative estimate of drug-likeness (QED) is 0.780. The molecule has 1 saturated carbocycles. The molecule has 4 heteroatoms. The van der Waals surface area contributed by atoms with Crippen molar-refractivity contribution in [2.45, 2.75) is 52.0 Å². The van der Waals surface area contributed by atoms with Crippen LogP contribution in [0.15, 0.2) is 12.2 Å². The number of carboxylic acids is 1. The first kappa shape index (κ1) is 15.1. The van der Waals surface area contributed by atoms with E-state index in [1.165, 1.54) is 6.42 Å². The van der Waals surface area contributed by atoms with Crippen molar-refractivity contribution in [1.29, 1.82) is 0 Å². The maximum absolute atomic E-state index is 12.4. The number of hydrogen-bond acceptors (Lipinski definition) is 2. The Labute approximate surface area is 120 Å². The zero-order chi connectivity index (χ0) is 14.7. The normalized spacial score (nSPS) is 37.4. The third-order valence-electron chi connectivity index (χ3n) is 5.12. The summed E-state index contributed by atoms with van der Waals surface area (Å²) in [7, 11) is 0. The molecule has 2 rings (SSSR count). The molecule has 2 aliphatic carbocycles. The number of amides is 1. The summed E-state index contributed by atoms with van der Waals surface area (Å²) in [6.45, 7) is 4.41. The molecule has 1 amide bonds. The van der Waals surface area contributed by atoms with Gasteiger partial charge in [-0.15, -0.1) is 0 Å². The van der Waals surface area contributed by atoms with E-state index in [2.05, 4.69) is 19.2 Å². The lowest BCUT2D eigenvalue weighted by Crippen LogP contribution is -2.48. The molecule has 0 bridgehead atoms. The van der Waals surface area contributed by atoms with Crippen LogP contribution in [0.5, 0.6) is 0 Å². The van der Waals surface area contributed by atoms with Gasteiger partial charge in [0.1, 0.15) is 0 Å².